The third kappa shape index (κ3) is 3.29. The van der Waals surface area contributed by atoms with Gasteiger partial charge in [0.05, 0.1) is 17.6 Å². The van der Waals surface area contributed by atoms with Crippen LogP contribution in [0.1, 0.15) is 60.8 Å². The lowest BCUT2D eigenvalue weighted by atomic mass is 9.57. The first-order valence-electron chi connectivity index (χ1n) is 8.83. The number of carbonyl (C=O) groups excluding carboxylic acids is 2. The van der Waals surface area contributed by atoms with Gasteiger partial charge in [0, 0.05) is 32.1 Å². The van der Waals surface area contributed by atoms with Crippen LogP contribution in [-0.2, 0) is 33.3 Å². The first-order valence-corrected chi connectivity index (χ1v) is 8.83. The summed E-state index contributed by atoms with van der Waals surface area (Å²) in [5, 5.41) is 0. The molecule has 0 N–H and O–H groups in total. The van der Waals surface area contributed by atoms with Crippen molar-refractivity contribution in [1.82, 2.24) is 0 Å². The highest BCUT2D eigenvalue weighted by molar-refractivity contribution is 5.67. The third-order valence-electron chi connectivity index (χ3n) is 5.26. The highest BCUT2D eigenvalue weighted by atomic mass is 16.8. The topological polar surface area (TPSA) is 80.3 Å². The smallest absolute Gasteiger partial charge is 0.305 e. The molecule has 0 aromatic rings. The fourth-order valence-electron chi connectivity index (χ4n) is 4.62. The minimum atomic E-state index is -1.14. The quantitative estimate of drug-likeness (QED) is 0.719. The van der Waals surface area contributed by atoms with E-state index in [1.165, 1.54) is 13.8 Å². The molecule has 7 nitrogen and oxygen atoms in total. The van der Waals surface area contributed by atoms with Gasteiger partial charge in [-0.15, -0.1) is 0 Å². The number of hydrogen-bond acceptors (Lipinski definition) is 7. The molecular formula is C18H28O7. The summed E-state index contributed by atoms with van der Waals surface area (Å²) in [6.07, 6.45) is 0.266. The summed E-state index contributed by atoms with van der Waals surface area (Å²) in [6, 6.07) is 0. The maximum atomic E-state index is 11.7. The molecule has 4 fully saturated rings. The Bertz CT molecular complexity index is 568. The number of fused-ring (bicyclic) bond motifs is 1. The lowest BCUT2D eigenvalue weighted by Crippen LogP contribution is -2.73. The Morgan fingerprint density at radius 3 is 2.40 bits per heavy atom. The van der Waals surface area contributed by atoms with Gasteiger partial charge in [0.2, 0.25) is 12.1 Å². The van der Waals surface area contributed by atoms with Gasteiger partial charge in [-0.1, -0.05) is 6.92 Å². The zero-order valence-corrected chi connectivity index (χ0v) is 15.8. The molecule has 3 heterocycles. The molecular weight excluding hydrogens is 328 g/mol. The second-order valence-corrected chi connectivity index (χ2v) is 8.51. The molecule has 3 saturated heterocycles. The van der Waals surface area contributed by atoms with Crippen LogP contribution in [0.3, 0.4) is 0 Å². The molecule has 7 heteroatoms. The number of hydrogen-bond donors (Lipinski definition) is 0. The molecule has 4 rings (SSSR count). The largest absolute Gasteiger partial charge is 0.435 e. The van der Waals surface area contributed by atoms with Gasteiger partial charge >= 0.3 is 11.9 Å². The minimum Gasteiger partial charge on any atom is -0.435 e. The second-order valence-electron chi connectivity index (χ2n) is 8.51. The van der Waals surface area contributed by atoms with Crippen molar-refractivity contribution in [2.24, 2.45) is 11.3 Å². The average Bonchev–Trinajstić information content (AvgIpc) is 2.38. The van der Waals surface area contributed by atoms with Gasteiger partial charge in [-0.3, -0.25) is 9.59 Å². The van der Waals surface area contributed by atoms with Gasteiger partial charge in [-0.2, -0.15) is 0 Å². The maximum Gasteiger partial charge on any atom is 0.305 e. The summed E-state index contributed by atoms with van der Waals surface area (Å²) in [7, 11) is 0. The van der Waals surface area contributed by atoms with E-state index in [4.69, 9.17) is 23.7 Å². The number of esters is 2. The SMILES string of the molecule is CC(=O)O[C@@H]1O[C@H]2C[C@]3(C)[C@@H](OC(C)(C)C)CC[C@](OC(C)=O)(O2)[C@@H]13. The molecule has 0 amide bonds. The van der Waals surface area contributed by atoms with Gasteiger partial charge in [-0.05, 0) is 27.2 Å². The lowest BCUT2D eigenvalue weighted by molar-refractivity contribution is -0.478. The van der Waals surface area contributed by atoms with E-state index in [1.807, 2.05) is 20.8 Å². The molecule has 1 saturated carbocycles. The van der Waals surface area contributed by atoms with Crippen LogP contribution in [0.4, 0.5) is 0 Å². The predicted octanol–water partition coefficient (Wildman–Crippen LogP) is 2.51. The van der Waals surface area contributed by atoms with E-state index < -0.39 is 41.6 Å². The first kappa shape index (κ1) is 18.6. The molecule has 142 valence electrons. The van der Waals surface area contributed by atoms with Crippen LogP contribution in [0.15, 0.2) is 0 Å². The van der Waals surface area contributed by atoms with Crippen LogP contribution in [0.2, 0.25) is 0 Å². The summed E-state index contributed by atoms with van der Waals surface area (Å²) < 4.78 is 29.2. The molecule has 4 aliphatic rings. The number of ether oxygens (including phenoxy) is 5. The zero-order chi connectivity index (χ0) is 18.6. The van der Waals surface area contributed by atoms with E-state index in [1.54, 1.807) is 0 Å². The van der Waals surface area contributed by atoms with Crippen molar-refractivity contribution in [2.75, 3.05) is 0 Å². The molecule has 0 aromatic carbocycles. The third-order valence-corrected chi connectivity index (χ3v) is 5.26. The van der Waals surface area contributed by atoms with Crippen molar-refractivity contribution >= 4 is 11.9 Å². The van der Waals surface area contributed by atoms with Gasteiger partial charge in [0.15, 0.2) is 6.29 Å². The molecule has 0 spiro atoms. The summed E-state index contributed by atoms with van der Waals surface area (Å²) in [5.74, 6) is -2.45. The van der Waals surface area contributed by atoms with Crippen molar-refractivity contribution in [3.63, 3.8) is 0 Å². The Labute approximate surface area is 148 Å². The van der Waals surface area contributed by atoms with E-state index in [-0.39, 0.29) is 11.7 Å². The summed E-state index contributed by atoms with van der Waals surface area (Å²) in [6.45, 7) is 10.8. The molecule has 0 unspecified atom stereocenters. The Balaban J connectivity index is 1.99. The molecule has 3 aliphatic heterocycles. The van der Waals surface area contributed by atoms with Crippen molar-refractivity contribution in [2.45, 2.75) is 90.9 Å². The Kier molecular flexibility index (Phi) is 4.41. The Hall–Kier alpha value is -1.18. The van der Waals surface area contributed by atoms with Crippen molar-refractivity contribution in [3.8, 4) is 0 Å². The standard InChI is InChI=1S/C18H28O7/c1-10(19)21-15-14-17(6)9-13(22-15)25-18(14,23-11(2)20)8-7-12(17)24-16(3,4)5/h12-15H,7-9H2,1-6H3/t12-,13+,14-,15+,17+,18-/m0/s1. The average molecular weight is 356 g/mol. The highest BCUT2D eigenvalue weighted by Crippen LogP contribution is 2.62. The van der Waals surface area contributed by atoms with Crippen LogP contribution in [0, 0.1) is 11.3 Å². The van der Waals surface area contributed by atoms with Crippen molar-refractivity contribution in [1.29, 1.82) is 0 Å². The van der Waals surface area contributed by atoms with Gasteiger partial charge in [-0.25, -0.2) is 0 Å². The van der Waals surface area contributed by atoms with E-state index in [2.05, 4.69) is 6.92 Å². The lowest BCUT2D eigenvalue weighted by Gasteiger charge is -2.64. The number of carbonyl (C=O) groups is 2. The van der Waals surface area contributed by atoms with Gasteiger partial charge in [0.1, 0.15) is 0 Å². The molecule has 6 atom stereocenters. The number of rotatable bonds is 3. The predicted molar refractivity (Wildman–Crippen MR) is 86.1 cm³/mol. The van der Waals surface area contributed by atoms with Crippen molar-refractivity contribution in [3.05, 3.63) is 0 Å². The molecule has 0 aromatic heterocycles. The molecule has 4 bridgehead atoms. The van der Waals surface area contributed by atoms with Crippen molar-refractivity contribution < 1.29 is 33.3 Å². The van der Waals surface area contributed by atoms with Crippen LogP contribution < -0.4 is 0 Å². The van der Waals surface area contributed by atoms with Gasteiger partial charge in [0.25, 0.3) is 0 Å². The zero-order valence-electron chi connectivity index (χ0n) is 15.8. The second kappa shape index (κ2) is 5.93. The van der Waals surface area contributed by atoms with Crippen LogP contribution >= 0.6 is 0 Å². The summed E-state index contributed by atoms with van der Waals surface area (Å²) in [5.41, 5.74) is -0.716. The summed E-state index contributed by atoms with van der Waals surface area (Å²) >= 11 is 0. The monoisotopic (exact) mass is 356 g/mol. The fraction of sp³-hybridized carbons (Fsp3) is 0.889. The first-order chi connectivity index (χ1) is 11.5. The van der Waals surface area contributed by atoms with Crippen LogP contribution in [0.5, 0.6) is 0 Å². The Morgan fingerprint density at radius 2 is 1.84 bits per heavy atom. The van der Waals surface area contributed by atoms with Crippen LogP contribution in [0.25, 0.3) is 0 Å². The molecule has 0 radical (unpaired) electrons. The van der Waals surface area contributed by atoms with E-state index in [0.29, 0.717) is 19.3 Å². The fourth-order valence-corrected chi connectivity index (χ4v) is 4.62. The van der Waals surface area contributed by atoms with E-state index in [9.17, 15) is 9.59 Å². The van der Waals surface area contributed by atoms with Gasteiger partial charge < -0.3 is 23.7 Å². The maximum absolute atomic E-state index is 11.7. The normalized spacial score (nSPS) is 42.8. The molecule has 1 aliphatic carbocycles. The van der Waals surface area contributed by atoms with Crippen LogP contribution in [-0.4, -0.2) is 42.0 Å². The Morgan fingerprint density at radius 1 is 1.16 bits per heavy atom. The summed E-state index contributed by atoms with van der Waals surface area (Å²) in [4.78, 5) is 23.3. The van der Waals surface area contributed by atoms with E-state index in [0.717, 1.165) is 0 Å². The minimum absolute atomic E-state index is 0.0745. The molecule has 25 heavy (non-hydrogen) atoms. The highest BCUT2D eigenvalue weighted by Gasteiger charge is 2.71. The van der Waals surface area contributed by atoms with E-state index >= 15 is 0 Å².